The molecule has 0 N–H and O–H groups in total. The molecule has 3 aromatic rings. The Bertz CT molecular complexity index is 794. The average Bonchev–Trinajstić information content (AvgIpc) is 3.00. The van der Waals surface area contributed by atoms with Crippen LogP contribution in [0.25, 0.3) is 11.3 Å². The van der Waals surface area contributed by atoms with E-state index in [9.17, 15) is 9.90 Å². The second kappa shape index (κ2) is 5.91. The summed E-state index contributed by atoms with van der Waals surface area (Å²) in [6.45, 7) is 0. The van der Waals surface area contributed by atoms with Gasteiger partial charge < -0.3 is 19.2 Å². The van der Waals surface area contributed by atoms with Gasteiger partial charge in [0.25, 0.3) is 0 Å². The number of hydrogen-bond donors (Lipinski definition) is 0. The van der Waals surface area contributed by atoms with E-state index in [0.717, 1.165) is 0 Å². The lowest BCUT2D eigenvalue weighted by molar-refractivity contribution is -0.255. The Morgan fingerprint density at radius 1 is 1.05 bits per heavy atom. The van der Waals surface area contributed by atoms with Crippen LogP contribution in [0.2, 0.25) is 5.02 Å². The maximum absolute atomic E-state index is 10.7. The fourth-order valence-electron chi connectivity index (χ4n) is 1.83. The van der Waals surface area contributed by atoms with Crippen LogP contribution in [-0.2, 0) is 0 Å². The van der Waals surface area contributed by atoms with Crippen LogP contribution in [0.1, 0.15) is 10.5 Å². The largest absolute Gasteiger partial charge is 0.543 e. The minimum Gasteiger partial charge on any atom is -0.543 e. The van der Waals surface area contributed by atoms with Gasteiger partial charge >= 0.3 is 0 Å². The van der Waals surface area contributed by atoms with E-state index in [2.05, 4.69) is 5.16 Å². The Labute approximate surface area is 130 Å². The third-order valence-electron chi connectivity index (χ3n) is 2.91. The van der Waals surface area contributed by atoms with Gasteiger partial charge in [-0.1, -0.05) is 16.8 Å². The fourth-order valence-corrected chi connectivity index (χ4v) is 1.96. The summed E-state index contributed by atoms with van der Waals surface area (Å²) in [5, 5.41) is 14.7. The molecule has 1 aromatic heterocycles. The van der Waals surface area contributed by atoms with Crippen LogP contribution >= 0.6 is 11.6 Å². The molecule has 3 rings (SSSR count). The molecule has 0 saturated carbocycles. The lowest BCUT2D eigenvalue weighted by Crippen LogP contribution is -2.22. The van der Waals surface area contributed by atoms with Crippen molar-refractivity contribution < 1.29 is 19.2 Å². The van der Waals surface area contributed by atoms with Crippen LogP contribution in [0.15, 0.2) is 59.1 Å². The SMILES string of the molecule is O=C([O-])c1cc(-c2ccc(Oc3ccc(Cl)cc3)cc2)on1. The number of carboxylic acid groups (broad SMARTS) is 1. The van der Waals surface area contributed by atoms with Gasteiger partial charge in [0.1, 0.15) is 17.2 Å². The van der Waals surface area contributed by atoms with E-state index in [1.807, 2.05) is 0 Å². The van der Waals surface area contributed by atoms with Crippen molar-refractivity contribution in [2.45, 2.75) is 0 Å². The Hall–Kier alpha value is -2.79. The van der Waals surface area contributed by atoms with E-state index >= 15 is 0 Å². The van der Waals surface area contributed by atoms with E-state index in [0.29, 0.717) is 27.8 Å². The summed E-state index contributed by atoms with van der Waals surface area (Å²) in [5.74, 6) is 0.261. The summed E-state index contributed by atoms with van der Waals surface area (Å²) in [5.41, 5.74) is 0.444. The third kappa shape index (κ3) is 3.10. The molecular formula is C16H9ClNO4-. The Balaban J connectivity index is 1.77. The van der Waals surface area contributed by atoms with E-state index in [-0.39, 0.29) is 5.69 Å². The van der Waals surface area contributed by atoms with Gasteiger partial charge in [-0.25, -0.2) is 0 Å². The van der Waals surface area contributed by atoms with Crippen LogP contribution in [0.5, 0.6) is 11.5 Å². The highest BCUT2D eigenvalue weighted by Crippen LogP contribution is 2.26. The zero-order chi connectivity index (χ0) is 15.5. The van der Waals surface area contributed by atoms with Crippen molar-refractivity contribution in [3.05, 3.63) is 65.3 Å². The maximum Gasteiger partial charge on any atom is 0.167 e. The second-order valence-electron chi connectivity index (χ2n) is 4.44. The lowest BCUT2D eigenvalue weighted by atomic mass is 10.1. The van der Waals surface area contributed by atoms with E-state index < -0.39 is 5.97 Å². The normalized spacial score (nSPS) is 10.4. The quantitative estimate of drug-likeness (QED) is 0.739. The van der Waals surface area contributed by atoms with Gasteiger partial charge in [0, 0.05) is 16.7 Å². The molecular weight excluding hydrogens is 306 g/mol. The van der Waals surface area contributed by atoms with Crippen molar-refractivity contribution in [2.24, 2.45) is 0 Å². The first-order valence-corrected chi connectivity index (χ1v) is 6.71. The topological polar surface area (TPSA) is 75.4 Å². The molecule has 0 bridgehead atoms. The molecule has 0 amide bonds. The predicted molar refractivity (Wildman–Crippen MR) is 77.8 cm³/mol. The summed E-state index contributed by atoms with van der Waals surface area (Å²) >= 11 is 5.81. The number of carboxylic acids is 1. The van der Waals surface area contributed by atoms with E-state index in [1.165, 1.54) is 6.07 Å². The van der Waals surface area contributed by atoms with Crippen molar-refractivity contribution in [1.29, 1.82) is 0 Å². The minimum absolute atomic E-state index is 0.239. The highest BCUT2D eigenvalue weighted by molar-refractivity contribution is 6.30. The second-order valence-corrected chi connectivity index (χ2v) is 4.88. The molecule has 2 aromatic carbocycles. The molecule has 0 aliphatic heterocycles. The van der Waals surface area contributed by atoms with Gasteiger partial charge in [-0.05, 0) is 48.5 Å². The van der Waals surface area contributed by atoms with Gasteiger partial charge in [-0.15, -0.1) is 0 Å². The van der Waals surface area contributed by atoms with Crippen LogP contribution in [0, 0.1) is 0 Å². The molecule has 0 fully saturated rings. The average molecular weight is 315 g/mol. The highest BCUT2D eigenvalue weighted by Gasteiger charge is 2.07. The minimum atomic E-state index is -1.38. The lowest BCUT2D eigenvalue weighted by Gasteiger charge is -2.06. The van der Waals surface area contributed by atoms with Crippen molar-refractivity contribution in [3.63, 3.8) is 0 Å². The van der Waals surface area contributed by atoms with Crippen molar-refractivity contribution in [3.8, 4) is 22.8 Å². The van der Waals surface area contributed by atoms with Gasteiger partial charge in [0.2, 0.25) is 0 Å². The van der Waals surface area contributed by atoms with Crippen molar-refractivity contribution in [1.82, 2.24) is 5.16 Å². The van der Waals surface area contributed by atoms with E-state index in [1.54, 1.807) is 48.5 Å². The Morgan fingerprint density at radius 2 is 1.64 bits per heavy atom. The summed E-state index contributed by atoms with van der Waals surface area (Å²) < 4.78 is 10.6. The number of aromatic nitrogens is 1. The molecule has 22 heavy (non-hydrogen) atoms. The molecule has 0 aliphatic carbocycles. The molecule has 0 spiro atoms. The molecule has 0 atom stereocenters. The number of ether oxygens (including phenoxy) is 1. The molecule has 1 heterocycles. The molecule has 0 saturated heterocycles. The zero-order valence-electron chi connectivity index (χ0n) is 11.2. The molecule has 6 heteroatoms. The van der Waals surface area contributed by atoms with Gasteiger partial charge in [-0.2, -0.15) is 0 Å². The molecule has 110 valence electrons. The molecule has 0 aliphatic rings. The van der Waals surface area contributed by atoms with Crippen LogP contribution in [0.4, 0.5) is 0 Å². The summed E-state index contributed by atoms with van der Waals surface area (Å²) in [6, 6.07) is 15.3. The predicted octanol–water partition coefficient (Wildman–Crippen LogP) is 3.15. The summed E-state index contributed by atoms with van der Waals surface area (Å²) in [6.07, 6.45) is 0. The number of nitrogens with zero attached hydrogens (tertiary/aromatic N) is 1. The number of aromatic carboxylic acids is 1. The third-order valence-corrected chi connectivity index (χ3v) is 3.16. The highest BCUT2D eigenvalue weighted by atomic mass is 35.5. The number of hydrogen-bond acceptors (Lipinski definition) is 5. The summed E-state index contributed by atoms with van der Waals surface area (Å²) in [7, 11) is 0. The number of carbonyl (C=O) groups excluding carboxylic acids is 1. The zero-order valence-corrected chi connectivity index (χ0v) is 11.9. The van der Waals surface area contributed by atoms with Gasteiger partial charge in [0.15, 0.2) is 5.76 Å². The fraction of sp³-hybridized carbons (Fsp3) is 0. The molecule has 0 unspecified atom stereocenters. The first-order chi connectivity index (χ1) is 10.6. The smallest absolute Gasteiger partial charge is 0.167 e. The first kappa shape index (κ1) is 14.2. The molecule has 5 nitrogen and oxygen atoms in total. The molecule has 0 radical (unpaired) electrons. The standard InChI is InChI=1S/C16H10ClNO4/c17-11-3-7-13(8-4-11)21-12-5-1-10(2-6-12)15-9-14(16(19)20)18-22-15/h1-9H,(H,19,20)/p-1. The first-order valence-electron chi connectivity index (χ1n) is 6.34. The van der Waals surface area contributed by atoms with Crippen LogP contribution in [0.3, 0.4) is 0 Å². The van der Waals surface area contributed by atoms with Crippen molar-refractivity contribution >= 4 is 17.6 Å². The monoisotopic (exact) mass is 314 g/mol. The number of benzene rings is 2. The van der Waals surface area contributed by atoms with Crippen LogP contribution < -0.4 is 9.84 Å². The Morgan fingerprint density at radius 3 is 2.18 bits per heavy atom. The Kier molecular flexibility index (Phi) is 3.80. The van der Waals surface area contributed by atoms with Gasteiger partial charge in [0.05, 0.1) is 5.97 Å². The summed E-state index contributed by atoms with van der Waals surface area (Å²) in [4.78, 5) is 10.7. The number of rotatable bonds is 4. The number of halogens is 1. The van der Waals surface area contributed by atoms with E-state index in [4.69, 9.17) is 20.9 Å². The van der Waals surface area contributed by atoms with Crippen molar-refractivity contribution in [2.75, 3.05) is 0 Å². The van der Waals surface area contributed by atoms with Crippen LogP contribution in [-0.4, -0.2) is 11.1 Å². The van der Waals surface area contributed by atoms with Gasteiger partial charge in [-0.3, -0.25) is 0 Å². The maximum atomic E-state index is 10.7. The number of carbonyl (C=O) groups is 1.